The molecule has 6 heteroatoms. The van der Waals surface area contributed by atoms with Crippen molar-refractivity contribution < 1.29 is 12.8 Å². The highest BCUT2D eigenvalue weighted by molar-refractivity contribution is 7.98. The van der Waals surface area contributed by atoms with Crippen molar-refractivity contribution in [1.82, 2.24) is 4.72 Å². The molecule has 0 bridgehead atoms. The fraction of sp³-hybridized carbons (Fsp3) is 0.250. The summed E-state index contributed by atoms with van der Waals surface area (Å²) in [5, 5.41) is 0. The van der Waals surface area contributed by atoms with Crippen molar-refractivity contribution in [3.05, 3.63) is 65.5 Å². The molecule has 3 nitrogen and oxygen atoms in total. The van der Waals surface area contributed by atoms with Crippen molar-refractivity contribution >= 4 is 21.8 Å². The number of aryl methyl sites for hydroxylation is 1. The Morgan fingerprint density at radius 2 is 1.77 bits per heavy atom. The Balaban J connectivity index is 1.79. The zero-order chi connectivity index (χ0) is 16.0. The summed E-state index contributed by atoms with van der Waals surface area (Å²) < 4.78 is 40.1. The molecule has 2 aromatic carbocycles. The molecule has 2 aromatic rings. The maximum atomic E-state index is 13.4. The topological polar surface area (TPSA) is 46.2 Å². The van der Waals surface area contributed by atoms with Crippen molar-refractivity contribution in [2.75, 3.05) is 12.3 Å². The number of sulfonamides is 1. The third kappa shape index (κ3) is 4.83. The van der Waals surface area contributed by atoms with Crippen LogP contribution in [0.2, 0.25) is 0 Å². The third-order valence-corrected chi connectivity index (χ3v) is 5.57. The zero-order valence-corrected chi connectivity index (χ0v) is 13.9. The lowest BCUT2D eigenvalue weighted by Crippen LogP contribution is -2.26. The number of hydrogen-bond acceptors (Lipinski definition) is 3. The Labute approximate surface area is 135 Å². The molecule has 0 saturated heterocycles. The molecule has 2 rings (SSSR count). The lowest BCUT2D eigenvalue weighted by atomic mass is 10.2. The van der Waals surface area contributed by atoms with Gasteiger partial charge in [0.05, 0.1) is 4.90 Å². The van der Waals surface area contributed by atoms with Crippen molar-refractivity contribution in [3.63, 3.8) is 0 Å². The highest BCUT2D eigenvalue weighted by atomic mass is 32.2. The lowest BCUT2D eigenvalue weighted by Gasteiger charge is -2.07. The van der Waals surface area contributed by atoms with E-state index in [2.05, 4.69) is 4.72 Å². The largest absolute Gasteiger partial charge is 0.240 e. The van der Waals surface area contributed by atoms with E-state index in [0.29, 0.717) is 23.6 Å². The minimum absolute atomic E-state index is 0.227. The molecular weight excluding hydrogens is 321 g/mol. The maximum absolute atomic E-state index is 13.4. The Morgan fingerprint density at radius 1 is 1.09 bits per heavy atom. The SMILES string of the molecule is Cc1ccc(S(=O)(=O)NCCSCc2ccccc2F)cc1. The molecule has 0 amide bonds. The van der Waals surface area contributed by atoms with Crippen molar-refractivity contribution in [1.29, 1.82) is 0 Å². The summed E-state index contributed by atoms with van der Waals surface area (Å²) in [6.45, 7) is 2.22. The van der Waals surface area contributed by atoms with Crippen LogP contribution in [0.15, 0.2) is 53.4 Å². The van der Waals surface area contributed by atoms with Crippen molar-refractivity contribution in [2.24, 2.45) is 0 Å². The van der Waals surface area contributed by atoms with Crippen LogP contribution in [0.1, 0.15) is 11.1 Å². The van der Waals surface area contributed by atoms with E-state index in [1.807, 2.05) is 6.92 Å². The standard InChI is InChI=1S/C16H18FNO2S2/c1-13-6-8-15(9-7-13)22(19,20)18-10-11-21-12-14-4-2-3-5-16(14)17/h2-9,18H,10-12H2,1H3. The first-order valence-corrected chi connectivity index (χ1v) is 9.50. The van der Waals surface area contributed by atoms with E-state index >= 15 is 0 Å². The molecule has 0 atom stereocenters. The van der Waals surface area contributed by atoms with Gasteiger partial charge in [0.15, 0.2) is 0 Å². The molecule has 0 spiro atoms. The first-order chi connectivity index (χ1) is 10.5. The van der Waals surface area contributed by atoms with Gasteiger partial charge in [-0.2, -0.15) is 11.8 Å². The van der Waals surface area contributed by atoms with E-state index in [9.17, 15) is 12.8 Å². The van der Waals surface area contributed by atoms with E-state index < -0.39 is 10.0 Å². The molecule has 0 radical (unpaired) electrons. The Hall–Kier alpha value is -1.37. The molecule has 0 aliphatic rings. The van der Waals surface area contributed by atoms with Gasteiger partial charge in [-0.25, -0.2) is 17.5 Å². The molecule has 0 aliphatic carbocycles. The molecular formula is C16H18FNO2S2. The molecule has 22 heavy (non-hydrogen) atoms. The van der Waals surface area contributed by atoms with E-state index in [-0.39, 0.29) is 10.7 Å². The number of hydrogen-bond donors (Lipinski definition) is 1. The van der Waals surface area contributed by atoms with Gasteiger partial charge in [0.1, 0.15) is 5.82 Å². The summed E-state index contributed by atoms with van der Waals surface area (Å²) in [6, 6.07) is 13.3. The highest BCUT2D eigenvalue weighted by Gasteiger charge is 2.12. The van der Waals surface area contributed by atoms with E-state index in [1.165, 1.54) is 17.8 Å². The first-order valence-electron chi connectivity index (χ1n) is 6.86. The second kappa shape index (κ2) is 7.76. The minimum Gasteiger partial charge on any atom is -0.210 e. The normalized spacial score (nSPS) is 11.5. The fourth-order valence-electron chi connectivity index (χ4n) is 1.85. The van der Waals surface area contributed by atoms with E-state index in [1.54, 1.807) is 42.5 Å². The molecule has 0 unspecified atom stereocenters. The van der Waals surface area contributed by atoms with Gasteiger partial charge in [-0.15, -0.1) is 0 Å². The number of halogens is 1. The molecule has 0 aliphatic heterocycles. The fourth-order valence-corrected chi connectivity index (χ4v) is 3.85. The van der Waals surface area contributed by atoms with Crippen LogP contribution in [0.5, 0.6) is 0 Å². The summed E-state index contributed by atoms with van der Waals surface area (Å²) in [4.78, 5) is 0.261. The third-order valence-electron chi connectivity index (χ3n) is 3.09. The van der Waals surface area contributed by atoms with Crippen LogP contribution in [-0.2, 0) is 15.8 Å². The van der Waals surface area contributed by atoms with Crippen molar-refractivity contribution in [3.8, 4) is 0 Å². The molecule has 0 heterocycles. The van der Waals surface area contributed by atoms with E-state index in [0.717, 1.165) is 5.56 Å². The van der Waals surface area contributed by atoms with Gasteiger partial charge in [0, 0.05) is 18.1 Å². The molecule has 0 saturated carbocycles. The predicted octanol–water partition coefficient (Wildman–Crippen LogP) is 3.35. The second-order valence-corrected chi connectivity index (χ2v) is 7.73. The summed E-state index contributed by atoms with van der Waals surface area (Å²) in [5.74, 6) is 0.883. The van der Waals surface area contributed by atoms with Crippen molar-refractivity contribution in [2.45, 2.75) is 17.6 Å². The van der Waals surface area contributed by atoms with Gasteiger partial charge < -0.3 is 0 Å². The van der Waals surface area contributed by atoms with Gasteiger partial charge >= 0.3 is 0 Å². The van der Waals surface area contributed by atoms with Crippen LogP contribution in [-0.4, -0.2) is 20.7 Å². The van der Waals surface area contributed by atoms with Gasteiger partial charge in [-0.05, 0) is 30.7 Å². The maximum Gasteiger partial charge on any atom is 0.240 e. The zero-order valence-electron chi connectivity index (χ0n) is 12.3. The molecule has 0 fully saturated rings. The average molecular weight is 339 g/mol. The second-order valence-electron chi connectivity index (χ2n) is 4.85. The molecule has 1 N–H and O–H groups in total. The average Bonchev–Trinajstić information content (AvgIpc) is 2.49. The van der Waals surface area contributed by atoms with Crippen LogP contribution in [0, 0.1) is 12.7 Å². The van der Waals surface area contributed by atoms with Gasteiger partial charge in [0.25, 0.3) is 0 Å². The molecule has 0 aromatic heterocycles. The van der Waals surface area contributed by atoms with E-state index in [4.69, 9.17) is 0 Å². The van der Waals surface area contributed by atoms with Crippen LogP contribution in [0.4, 0.5) is 4.39 Å². The first kappa shape index (κ1) is 17.0. The predicted molar refractivity (Wildman–Crippen MR) is 88.9 cm³/mol. The monoisotopic (exact) mass is 339 g/mol. The Bertz CT molecular complexity index is 715. The van der Waals surface area contributed by atoms with Crippen LogP contribution < -0.4 is 4.72 Å². The Morgan fingerprint density at radius 3 is 2.45 bits per heavy atom. The highest BCUT2D eigenvalue weighted by Crippen LogP contribution is 2.15. The quantitative estimate of drug-likeness (QED) is 0.787. The van der Waals surface area contributed by atoms with Gasteiger partial charge in [-0.1, -0.05) is 35.9 Å². The number of benzene rings is 2. The summed E-state index contributed by atoms with van der Waals surface area (Å²) >= 11 is 1.49. The number of rotatable bonds is 7. The Kier molecular flexibility index (Phi) is 5.99. The van der Waals surface area contributed by atoms with Gasteiger partial charge in [0.2, 0.25) is 10.0 Å². The van der Waals surface area contributed by atoms with Crippen LogP contribution in [0.25, 0.3) is 0 Å². The van der Waals surface area contributed by atoms with Gasteiger partial charge in [-0.3, -0.25) is 0 Å². The summed E-state index contributed by atoms with van der Waals surface area (Å²) in [7, 11) is -3.47. The van der Waals surface area contributed by atoms with Crippen LogP contribution in [0.3, 0.4) is 0 Å². The summed E-state index contributed by atoms with van der Waals surface area (Å²) in [5.41, 5.74) is 1.65. The smallest absolute Gasteiger partial charge is 0.210 e. The lowest BCUT2D eigenvalue weighted by molar-refractivity contribution is 0.584. The minimum atomic E-state index is -3.47. The van der Waals surface area contributed by atoms with Crippen LogP contribution >= 0.6 is 11.8 Å². The number of thioether (sulfide) groups is 1. The molecule has 118 valence electrons. The summed E-state index contributed by atoms with van der Waals surface area (Å²) in [6.07, 6.45) is 0. The number of nitrogens with one attached hydrogen (secondary N) is 1.